The zero-order chi connectivity index (χ0) is 18.6. The lowest BCUT2D eigenvalue weighted by atomic mass is 9.97. The molecule has 1 N–H and O–H groups in total. The number of aromatic nitrogens is 2. The molecule has 2 aromatic heterocycles. The van der Waals surface area contributed by atoms with Crippen LogP contribution in [0.5, 0.6) is 0 Å². The molecule has 4 rings (SSSR count). The summed E-state index contributed by atoms with van der Waals surface area (Å²) in [5.74, 6) is 0.442. The number of nitrogens with one attached hydrogen (secondary N) is 1. The van der Waals surface area contributed by atoms with Crippen LogP contribution in [0.3, 0.4) is 0 Å². The number of hydrogen-bond donors (Lipinski definition) is 1. The number of likely N-dealkylation sites (tertiary alicyclic amines) is 1. The minimum Gasteiger partial charge on any atom is -0.355 e. The summed E-state index contributed by atoms with van der Waals surface area (Å²) in [7, 11) is 0. The van der Waals surface area contributed by atoms with Crippen molar-refractivity contribution in [3.8, 4) is 0 Å². The smallest absolute Gasteiger partial charge is 0.270 e. The van der Waals surface area contributed by atoms with Crippen molar-refractivity contribution in [1.29, 1.82) is 0 Å². The normalized spacial score (nSPS) is 19.7. The van der Waals surface area contributed by atoms with Crippen LogP contribution in [0.1, 0.15) is 47.8 Å². The molecule has 1 saturated carbocycles. The maximum atomic E-state index is 12.9. The van der Waals surface area contributed by atoms with Gasteiger partial charge in [0, 0.05) is 44.3 Å². The predicted octanol–water partition coefficient (Wildman–Crippen LogP) is 2.43. The van der Waals surface area contributed by atoms with E-state index in [0.717, 1.165) is 30.6 Å². The van der Waals surface area contributed by atoms with Gasteiger partial charge in [0.05, 0.1) is 6.42 Å². The van der Waals surface area contributed by atoms with Crippen molar-refractivity contribution < 1.29 is 9.59 Å². The van der Waals surface area contributed by atoms with Crippen molar-refractivity contribution in [2.75, 3.05) is 19.6 Å². The van der Waals surface area contributed by atoms with E-state index in [1.807, 2.05) is 35.4 Å². The maximum absolute atomic E-state index is 12.9. The van der Waals surface area contributed by atoms with Crippen LogP contribution >= 0.6 is 0 Å². The van der Waals surface area contributed by atoms with E-state index < -0.39 is 0 Å². The first-order chi connectivity index (χ1) is 13.2. The molecule has 27 heavy (non-hydrogen) atoms. The molecule has 6 heteroatoms. The summed E-state index contributed by atoms with van der Waals surface area (Å²) in [6, 6.07) is 8.14. The second-order valence-corrected chi connectivity index (χ2v) is 7.63. The first-order valence-electron chi connectivity index (χ1n) is 9.82. The van der Waals surface area contributed by atoms with E-state index in [4.69, 9.17) is 0 Å². The Bertz CT molecular complexity index is 798. The lowest BCUT2D eigenvalue weighted by Crippen LogP contribution is -2.44. The van der Waals surface area contributed by atoms with Crippen LogP contribution in [0.25, 0.3) is 0 Å². The summed E-state index contributed by atoms with van der Waals surface area (Å²) in [6.07, 6.45) is 10.1. The topological polar surface area (TPSA) is 67.2 Å². The molecular weight excluding hydrogens is 340 g/mol. The highest BCUT2D eigenvalue weighted by Gasteiger charge is 2.30. The van der Waals surface area contributed by atoms with Crippen LogP contribution in [0, 0.1) is 5.92 Å². The molecule has 142 valence electrons. The van der Waals surface area contributed by atoms with Crippen LogP contribution in [0.2, 0.25) is 0 Å². The van der Waals surface area contributed by atoms with Crippen LogP contribution in [-0.4, -0.2) is 45.9 Å². The van der Waals surface area contributed by atoms with Gasteiger partial charge in [0.1, 0.15) is 5.69 Å². The van der Waals surface area contributed by atoms with Gasteiger partial charge in [-0.25, -0.2) is 0 Å². The molecular formula is C21H26N4O2. The Labute approximate surface area is 159 Å². The molecule has 2 amide bonds. The van der Waals surface area contributed by atoms with Gasteiger partial charge in [-0.15, -0.1) is 0 Å². The summed E-state index contributed by atoms with van der Waals surface area (Å²) < 4.78 is 2.13. The monoisotopic (exact) mass is 366 g/mol. The fourth-order valence-electron chi connectivity index (χ4n) is 3.83. The van der Waals surface area contributed by atoms with Crippen molar-refractivity contribution in [3.63, 3.8) is 0 Å². The minimum absolute atomic E-state index is 0.00839. The van der Waals surface area contributed by atoms with Gasteiger partial charge in [0.15, 0.2) is 0 Å². The van der Waals surface area contributed by atoms with Gasteiger partial charge < -0.3 is 14.8 Å². The molecule has 0 spiro atoms. The van der Waals surface area contributed by atoms with Crippen LogP contribution in [-0.2, 0) is 11.2 Å². The largest absolute Gasteiger partial charge is 0.355 e. The third-order valence-corrected chi connectivity index (χ3v) is 5.42. The van der Waals surface area contributed by atoms with E-state index in [-0.39, 0.29) is 11.8 Å². The Morgan fingerprint density at radius 1 is 1.19 bits per heavy atom. The highest BCUT2D eigenvalue weighted by Crippen LogP contribution is 2.36. The molecule has 1 atom stereocenters. The molecule has 3 heterocycles. The van der Waals surface area contributed by atoms with Gasteiger partial charge >= 0.3 is 0 Å². The molecule has 6 nitrogen and oxygen atoms in total. The molecule has 1 saturated heterocycles. The van der Waals surface area contributed by atoms with Crippen LogP contribution in [0.4, 0.5) is 0 Å². The number of carbonyl (C=O) groups is 2. The summed E-state index contributed by atoms with van der Waals surface area (Å²) in [5.41, 5.74) is 1.72. The van der Waals surface area contributed by atoms with Crippen molar-refractivity contribution in [1.82, 2.24) is 19.8 Å². The van der Waals surface area contributed by atoms with Gasteiger partial charge in [-0.3, -0.25) is 14.6 Å². The van der Waals surface area contributed by atoms with Gasteiger partial charge in [-0.1, -0.05) is 6.07 Å². The second kappa shape index (κ2) is 7.94. The molecule has 1 unspecified atom stereocenters. The highest BCUT2D eigenvalue weighted by molar-refractivity contribution is 5.93. The highest BCUT2D eigenvalue weighted by atomic mass is 16.2. The quantitative estimate of drug-likeness (QED) is 0.854. The van der Waals surface area contributed by atoms with Crippen molar-refractivity contribution >= 4 is 11.8 Å². The van der Waals surface area contributed by atoms with E-state index in [9.17, 15) is 9.59 Å². The molecule has 2 fully saturated rings. The van der Waals surface area contributed by atoms with Crippen LogP contribution in [0.15, 0.2) is 42.9 Å². The SMILES string of the molecule is O=C(Cc1cccnc1)NCC1CCCN(C(=O)c2cccn2C2CC2)C1. The van der Waals surface area contributed by atoms with Gasteiger partial charge in [0.25, 0.3) is 5.91 Å². The Morgan fingerprint density at radius 2 is 2.07 bits per heavy atom. The fourth-order valence-corrected chi connectivity index (χ4v) is 3.83. The average Bonchev–Trinajstić information content (AvgIpc) is 3.43. The summed E-state index contributed by atoms with van der Waals surface area (Å²) in [4.78, 5) is 31.1. The number of rotatable bonds is 6. The summed E-state index contributed by atoms with van der Waals surface area (Å²) >= 11 is 0. The Kier molecular flexibility index (Phi) is 5.23. The van der Waals surface area contributed by atoms with E-state index in [0.29, 0.717) is 31.5 Å². The zero-order valence-electron chi connectivity index (χ0n) is 15.5. The standard InChI is InChI=1S/C21H26N4O2/c26-20(12-16-4-1-9-22-13-16)23-14-17-5-2-10-24(15-17)21(27)19-6-3-11-25(19)18-7-8-18/h1,3-4,6,9,11,13,17-18H,2,5,7-8,10,12,14-15H2,(H,23,26). The number of amides is 2. The van der Waals surface area contributed by atoms with E-state index >= 15 is 0 Å². The average molecular weight is 366 g/mol. The van der Waals surface area contributed by atoms with Gasteiger partial charge in [-0.05, 0) is 55.4 Å². The Morgan fingerprint density at radius 3 is 2.85 bits per heavy atom. The van der Waals surface area contributed by atoms with E-state index in [1.165, 1.54) is 12.8 Å². The lowest BCUT2D eigenvalue weighted by Gasteiger charge is -2.33. The zero-order valence-corrected chi connectivity index (χ0v) is 15.5. The molecule has 2 aromatic rings. The molecule has 2 aliphatic rings. The number of nitrogens with zero attached hydrogens (tertiary/aromatic N) is 3. The van der Waals surface area contributed by atoms with Crippen molar-refractivity contribution in [2.45, 2.75) is 38.1 Å². The first-order valence-corrected chi connectivity index (χ1v) is 9.82. The molecule has 0 radical (unpaired) electrons. The molecule has 1 aliphatic carbocycles. The number of piperidine rings is 1. The lowest BCUT2D eigenvalue weighted by molar-refractivity contribution is -0.120. The predicted molar refractivity (Wildman–Crippen MR) is 102 cm³/mol. The van der Waals surface area contributed by atoms with Crippen molar-refractivity contribution in [3.05, 3.63) is 54.1 Å². The number of pyridine rings is 1. The Balaban J connectivity index is 1.29. The van der Waals surface area contributed by atoms with Gasteiger partial charge in [-0.2, -0.15) is 0 Å². The third-order valence-electron chi connectivity index (χ3n) is 5.42. The Hall–Kier alpha value is -2.63. The fraction of sp³-hybridized carbons (Fsp3) is 0.476. The first kappa shape index (κ1) is 17.8. The summed E-state index contributed by atoms with van der Waals surface area (Å²) in [5, 5.41) is 3.02. The molecule has 0 bridgehead atoms. The maximum Gasteiger partial charge on any atom is 0.270 e. The number of carbonyl (C=O) groups excluding carboxylic acids is 2. The van der Waals surface area contributed by atoms with Crippen LogP contribution < -0.4 is 5.32 Å². The van der Waals surface area contributed by atoms with E-state index in [1.54, 1.807) is 12.4 Å². The third kappa shape index (κ3) is 4.38. The second-order valence-electron chi connectivity index (χ2n) is 7.63. The van der Waals surface area contributed by atoms with Gasteiger partial charge in [0.2, 0.25) is 5.91 Å². The minimum atomic E-state index is 0.00839. The van der Waals surface area contributed by atoms with Crippen molar-refractivity contribution in [2.24, 2.45) is 5.92 Å². The molecule has 1 aliphatic heterocycles. The molecule has 0 aromatic carbocycles. The summed E-state index contributed by atoms with van der Waals surface area (Å²) in [6.45, 7) is 2.13. The number of hydrogen-bond acceptors (Lipinski definition) is 3. The van der Waals surface area contributed by atoms with E-state index in [2.05, 4.69) is 14.9 Å².